The third-order valence-electron chi connectivity index (χ3n) is 3.28. The number of rotatable bonds is 1. The molecule has 1 nitrogen and oxygen atoms in total. The Hall–Kier alpha value is -1.60. The van der Waals surface area contributed by atoms with Gasteiger partial charge in [-0.25, -0.2) is 0 Å². The van der Waals surface area contributed by atoms with Crippen molar-refractivity contribution in [3.8, 4) is 0 Å². The number of halogens is 1. The van der Waals surface area contributed by atoms with E-state index in [0.29, 0.717) is 11.4 Å². The first kappa shape index (κ1) is 10.5. The van der Waals surface area contributed by atoms with E-state index in [1.807, 2.05) is 30.3 Å². The molecule has 0 fully saturated rings. The van der Waals surface area contributed by atoms with Crippen LogP contribution in [0.3, 0.4) is 0 Å². The molecule has 1 atom stereocenters. The van der Waals surface area contributed by atoms with Gasteiger partial charge in [-0.05, 0) is 29.3 Å². The van der Waals surface area contributed by atoms with Crippen LogP contribution in [0.25, 0.3) is 0 Å². The van der Waals surface area contributed by atoms with Crippen LogP contribution in [0.5, 0.6) is 0 Å². The maximum atomic E-state index is 11.9. The summed E-state index contributed by atoms with van der Waals surface area (Å²) in [6, 6.07) is 15.7. The summed E-state index contributed by atoms with van der Waals surface area (Å²) in [5, 5.41) is 0.694. The molecule has 0 bridgehead atoms. The molecule has 0 unspecified atom stereocenters. The number of carbonyl (C=O) groups is 1. The molecule has 0 aliphatic heterocycles. The van der Waals surface area contributed by atoms with Crippen molar-refractivity contribution in [3.63, 3.8) is 0 Å². The molecule has 0 N–H and O–H groups in total. The molecule has 2 aromatic carbocycles. The Morgan fingerprint density at radius 2 is 1.82 bits per heavy atom. The Bertz CT molecular complexity index is 575. The zero-order chi connectivity index (χ0) is 11.8. The largest absolute Gasteiger partial charge is 0.294 e. The van der Waals surface area contributed by atoms with Gasteiger partial charge in [0.05, 0.1) is 0 Å². The molecular formula is C15H11ClO. The number of Topliss-reactive ketones (excluding diaryl/α,β-unsaturated/α-hetero) is 1. The SMILES string of the molecule is O=C1C[C@@H](c2ccccc2)c2cc(Cl)ccc21. The van der Waals surface area contributed by atoms with Crippen molar-refractivity contribution < 1.29 is 4.79 Å². The lowest BCUT2D eigenvalue weighted by atomic mass is 9.93. The van der Waals surface area contributed by atoms with E-state index in [9.17, 15) is 4.79 Å². The Kier molecular flexibility index (Phi) is 2.49. The molecule has 84 valence electrons. The molecule has 0 saturated carbocycles. The minimum Gasteiger partial charge on any atom is -0.294 e. The summed E-state index contributed by atoms with van der Waals surface area (Å²) in [6.07, 6.45) is 0.555. The molecule has 3 rings (SSSR count). The predicted molar refractivity (Wildman–Crippen MR) is 68.7 cm³/mol. The second-order valence-corrected chi connectivity index (χ2v) is 4.76. The summed E-state index contributed by atoms with van der Waals surface area (Å²) < 4.78 is 0. The third kappa shape index (κ3) is 1.77. The lowest BCUT2D eigenvalue weighted by Gasteiger charge is -2.11. The first-order valence-electron chi connectivity index (χ1n) is 5.63. The van der Waals surface area contributed by atoms with E-state index in [2.05, 4.69) is 12.1 Å². The van der Waals surface area contributed by atoms with Crippen LogP contribution in [0.4, 0.5) is 0 Å². The lowest BCUT2D eigenvalue weighted by Crippen LogP contribution is -1.96. The zero-order valence-electron chi connectivity index (χ0n) is 9.19. The number of hydrogen-bond acceptors (Lipinski definition) is 1. The summed E-state index contributed by atoms with van der Waals surface area (Å²) in [4.78, 5) is 11.9. The number of ketones is 1. The third-order valence-corrected chi connectivity index (χ3v) is 3.52. The summed E-state index contributed by atoms with van der Waals surface area (Å²) >= 11 is 6.01. The molecule has 1 aliphatic carbocycles. The van der Waals surface area contributed by atoms with Crippen molar-refractivity contribution in [2.24, 2.45) is 0 Å². The van der Waals surface area contributed by atoms with Gasteiger partial charge in [-0.3, -0.25) is 4.79 Å². The molecule has 17 heavy (non-hydrogen) atoms. The number of carbonyl (C=O) groups excluding carboxylic acids is 1. The van der Waals surface area contributed by atoms with Crippen LogP contribution in [0.2, 0.25) is 5.02 Å². The zero-order valence-corrected chi connectivity index (χ0v) is 9.95. The average Bonchev–Trinajstić information content (AvgIpc) is 2.67. The topological polar surface area (TPSA) is 17.1 Å². The molecule has 1 aliphatic rings. The van der Waals surface area contributed by atoms with Gasteiger partial charge in [0.2, 0.25) is 0 Å². The van der Waals surface area contributed by atoms with E-state index in [1.165, 1.54) is 5.56 Å². The van der Waals surface area contributed by atoms with Gasteiger partial charge in [0, 0.05) is 22.9 Å². The van der Waals surface area contributed by atoms with E-state index in [-0.39, 0.29) is 11.7 Å². The lowest BCUT2D eigenvalue weighted by molar-refractivity contribution is 0.0991. The summed E-state index contributed by atoms with van der Waals surface area (Å²) in [6.45, 7) is 0. The summed E-state index contributed by atoms with van der Waals surface area (Å²) in [5.41, 5.74) is 3.07. The van der Waals surface area contributed by atoms with Crippen molar-refractivity contribution in [1.29, 1.82) is 0 Å². The van der Waals surface area contributed by atoms with E-state index in [1.54, 1.807) is 6.07 Å². The minimum atomic E-state index is 0.164. The molecule has 0 amide bonds. The fourth-order valence-electron chi connectivity index (χ4n) is 2.46. The quantitative estimate of drug-likeness (QED) is 0.737. The summed E-state index contributed by atoms with van der Waals surface area (Å²) in [5.74, 6) is 0.378. The number of benzene rings is 2. The van der Waals surface area contributed by atoms with E-state index >= 15 is 0 Å². The van der Waals surface area contributed by atoms with Gasteiger partial charge in [0.25, 0.3) is 0 Å². The smallest absolute Gasteiger partial charge is 0.164 e. The standard InChI is InChI=1S/C15H11ClO/c16-11-6-7-12-14(8-11)13(9-15(12)17)10-4-2-1-3-5-10/h1-8,13H,9H2/t13-/m0/s1. The molecule has 0 aromatic heterocycles. The summed E-state index contributed by atoms with van der Waals surface area (Å²) in [7, 11) is 0. The van der Waals surface area contributed by atoms with Crippen LogP contribution in [-0.2, 0) is 0 Å². The fraction of sp³-hybridized carbons (Fsp3) is 0.133. The fourth-order valence-corrected chi connectivity index (χ4v) is 2.64. The van der Waals surface area contributed by atoms with E-state index < -0.39 is 0 Å². The van der Waals surface area contributed by atoms with Crippen LogP contribution in [-0.4, -0.2) is 5.78 Å². The molecule has 0 radical (unpaired) electrons. The van der Waals surface area contributed by atoms with Crippen molar-refractivity contribution >= 4 is 17.4 Å². The van der Waals surface area contributed by atoms with Crippen molar-refractivity contribution in [1.82, 2.24) is 0 Å². The Morgan fingerprint density at radius 1 is 1.06 bits per heavy atom. The van der Waals surface area contributed by atoms with Crippen LogP contribution in [0.1, 0.15) is 33.8 Å². The molecule has 2 aromatic rings. The van der Waals surface area contributed by atoms with Crippen LogP contribution >= 0.6 is 11.6 Å². The van der Waals surface area contributed by atoms with Crippen LogP contribution < -0.4 is 0 Å². The molecule has 0 spiro atoms. The van der Waals surface area contributed by atoms with Crippen molar-refractivity contribution in [2.45, 2.75) is 12.3 Å². The van der Waals surface area contributed by atoms with Gasteiger partial charge >= 0.3 is 0 Å². The highest BCUT2D eigenvalue weighted by Gasteiger charge is 2.30. The highest BCUT2D eigenvalue weighted by molar-refractivity contribution is 6.30. The molecule has 2 heteroatoms. The van der Waals surface area contributed by atoms with Crippen molar-refractivity contribution in [3.05, 3.63) is 70.2 Å². The van der Waals surface area contributed by atoms with Crippen LogP contribution in [0, 0.1) is 0 Å². The maximum absolute atomic E-state index is 11.9. The molecular weight excluding hydrogens is 232 g/mol. The Balaban J connectivity index is 2.13. The predicted octanol–water partition coefficient (Wildman–Crippen LogP) is 4.06. The van der Waals surface area contributed by atoms with E-state index in [4.69, 9.17) is 11.6 Å². The van der Waals surface area contributed by atoms with Gasteiger partial charge in [-0.1, -0.05) is 41.9 Å². The first-order chi connectivity index (χ1) is 8.25. The van der Waals surface area contributed by atoms with Gasteiger partial charge in [-0.15, -0.1) is 0 Å². The minimum absolute atomic E-state index is 0.164. The van der Waals surface area contributed by atoms with Gasteiger partial charge < -0.3 is 0 Å². The highest BCUT2D eigenvalue weighted by Crippen LogP contribution is 2.39. The van der Waals surface area contributed by atoms with E-state index in [0.717, 1.165) is 11.1 Å². The van der Waals surface area contributed by atoms with Gasteiger partial charge in [0.15, 0.2) is 5.78 Å². The second kappa shape index (κ2) is 4.01. The number of fused-ring (bicyclic) bond motifs is 1. The van der Waals surface area contributed by atoms with Gasteiger partial charge in [-0.2, -0.15) is 0 Å². The number of hydrogen-bond donors (Lipinski definition) is 0. The highest BCUT2D eigenvalue weighted by atomic mass is 35.5. The van der Waals surface area contributed by atoms with Crippen LogP contribution in [0.15, 0.2) is 48.5 Å². The Morgan fingerprint density at radius 3 is 2.59 bits per heavy atom. The second-order valence-electron chi connectivity index (χ2n) is 4.32. The average molecular weight is 243 g/mol. The van der Waals surface area contributed by atoms with Gasteiger partial charge in [0.1, 0.15) is 0 Å². The molecule has 0 heterocycles. The normalized spacial score (nSPS) is 18.2. The monoisotopic (exact) mass is 242 g/mol. The maximum Gasteiger partial charge on any atom is 0.164 e. The first-order valence-corrected chi connectivity index (χ1v) is 6.01. The van der Waals surface area contributed by atoms with Crippen molar-refractivity contribution in [2.75, 3.05) is 0 Å². The molecule has 0 saturated heterocycles. The Labute approximate surface area is 105 Å².